The highest BCUT2D eigenvalue weighted by Crippen LogP contribution is 2.27. The highest BCUT2D eigenvalue weighted by Gasteiger charge is 2.27. The van der Waals surface area contributed by atoms with Crippen LogP contribution in [0.4, 0.5) is 0 Å². The minimum Gasteiger partial charge on any atom is -0.370 e. The Kier molecular flexibility index (Phi) is 4.52. The molecule has 2 heterocycles. The summed E-state index contributed by atoms with van der Waals surface area (Å²) in [6, 6.07) is 0.141. The van der Waals surface area contributed by atoms with E-state index in [0.29, 0.717) is 18.2 Å². The van der Waals surface area contributed by atoms with Gasteiger partial charge in [0.1, 0.15) is 0 Å². The number of aryl methyl sites for hydroxylation is 1. The van der Waals surface area contributed by atoms with Crippen molar-refractivity contribution in [3.63, 3.8) is 0 Å². The zero-order valence-corrected chi connectivity index (χ0v) is 11.6. The van der Waals surface area contributed by atoms with Crippen LogP contribution >= 0.6 is 0 Å². The lowest BCUT2D eigenvalue weighted by Gasteiger charge is -2.34. The second-order valence-electron chi connectivity index (χ2n) is 5.23. The summed E-state index contributed by atoms with van der Waals surface area (Å²) < 4.78 is 5.29. The molecule has 1 aliphatic heterocycles. The third kappa shape index (κ3) is 3.53. The number of nitrogens with zero attached hydrogens (tertiary/aromatic N) is 3. The number of hydrogen-bond acceptors (Lipinski definition) is 5. The number of carbonyl (C=O) groups is 1. The number of carbonyl (C=O) groups excluding carboxylic acids is 1. The van der Waals surface area contributed by atoms with E-state index in [2.05, 4.69) is 22.0 Å². The van der Waals surface area contributed by atoms with Crippen LogP contribution in [0.3, 0.4) is 0 Å². The lowest BCUT2D eigenvalue weighted by atomic mass is 9.92. The zero-order valence-electron chi connectivity index (χ0n) is 11.6. The number of rotatable bonds is 5. The molecule has 2 rings (SSSR count). The lowest BCUT2D eigenvalue weighted by Crippen LogP contribution is -2.36. The monoisotopic (exact) mass is 266 g/mol. The highest BCUT2D eigenvalue weighted by atomic mass is 16.5. The van der Waals surface area contributed by atoms with Crippen LogP contribution in [0.15, 0.2) is 4.52 Å². The van der Waals surface area contributed by atoms with Gasteiger partial charge < -0.3 is 10.3 Å². The predicted octanol–water partition coefficient (Wildman–Crippen LogP) is 1.28. The van der Waals surface area contributed by atoms with Crippen molar-refractivity contribution in [1.82, 2.24) is 15.0 Å². The molecule has 6 heteroatoms. The van der Waals surface area contributed by atoms with E-state index in [1.54, 1.807) is 0 Å². The van der Waals surface area contributed by atoms with Crippen molar-refractivity contribution in [3.8, 4) is 0 Å². The quantitative estimate of drug-likeness (QED) is 0.867. The molecule has 2 N–H and O–H groups in total. The minimum atomic E-state index is -0.198. The number of likely N-dealkylation sites (tertiary alicyclic amines) is 1. The van der Waals surface area contributed by atoms with Gasteiger partial charge in [0, 0.05) is 12.8 Å². The molecule has 0 aromatic carbocycles. The van der Waals surface area contributed by atoms with Crippen molar-refractivity contribution in [3.05, 3.63) is 11.7 Å². The van der Waals surface area contributed by atoms with Crippen LogP contribution in [0, 0.1) is 5.92 Å². The number of nitrogens with two attached hydrogens (primary N) is 1. The molecular weight excluding hydrogens is 244 g/mol. The van der Waals surface area contributed by atoms with Crippen LogP contribution < -0.4 is 5.73 Å². The van der Waals surface area contributed by atoms with Crippen LogP contribution in [0.2, 0.25) is 0 Å². The van der Waals surface area contributed by atoms with E-state index in [1.807, 2.05) is 6.92 Å². The molecule has 0 radical (unpaired) electrons. The van der Waals surface area contributed by atoms with E-state index in [0.717, 1.165) is 38.2 Å². The summed E-state index contributed by atoms with van der Waals surface area (Å²) in [6.07, 6.45) is 3.30. The molecule has 1 amide bonds. The molecule has 0 bridgehead atoms. The van der Waals surface area contributed by atoms with Crippen LogP contribution in [0.25, 0.3) is 0 Å². The lowest BCUT2D eigenvalue weighted by molar-refractivity contribution is -0.119. The summed E-state index contributed by atoms with van der Waals surface area (Å²) in [6.45, 7) is 5.99. The van der Waals surface area contributed by atoms with E-state index < -0.39 is 0 Å². The fourth-order valence-corrected chi connectivity index (χ4v) is 2.57. The molecule has 106 valence electrons. The maximum absolute atomic E-state index is 10.9. The van der Waals surface area contributed by atoms with Crippen LogP contribution in [0.1, 0.15) is 50.9 Å². The number of primary amides is 1. The Bertz CT molecular complexity index is 424. The Morgan fingerprint density at radius 1 is 1.53 bits per heavy atom. The molecule has 19 heavy (non-hydrogen) atoms. The van der Waals surface area contributed by atoms with Crippen molar-refractivity contribution in [1.29, 1.82) is 0 Å². The molecule has 1 fully saturated rings. The molecule has 1 atom stereocenters. The zero-order chi connectivity index (χ0) is 13.8. The third-order valence-electron chi connectivity index (χ3n) is 3.84. The standard InChI is InChI=1S/C13H22N4O2/c1-3-12-15-13(19-16-12)9(2)17-6-4-10(5-7-17)8-11(14)18/h9-10H,3-8H2,1-2H3,(H2,14,18)/t9-/m1/s1. The molecule has 1 aromatic heterocycles. The van der Waals surface area contributed by atoms with Gasteiger partial charge in [-0.15, -0.1) is 0 Å². The van der Waals surface area contributed by atoms with Gasteiger partial charge in [-0.25, -0.2) is 0 Å². The molecular formula is C13H22N4O2. The first-order valence-electron chi connectivity index (χ1n) is 6.95. The second kappa shape index (κ2) is 6.14. The Morgan fingerprint density at radius 2 is 2.21 bits per heavy atom. The summed E-state index contributed by atoms with van der Waals surface area (Å²) in [5.41, 5.74) is 5.24. The predicted molar refractivity (Wildman–Crippen MR) is 70.2 cm³/mol. The second-order valence-corrected chi connectivity index (χ2v) is 5.23. The van der Waals surface area contributed by atoms with Crippen molar-refractivity contribution >= 4 is 5.91 Å². The van der Waals surface area contributed by atoms with Crippen molar-refractivity contribution in [2.24, 2.45) is 11.7 Å². The Balaban J connectivity index is 1.88. The van der Waals surface area contributed by atoms with E-state index in [-0.39, 0.29) is 11.9 Å². The molecule has 0 spiro atoms. The first-order valence-corrected chi connectivity index (χ1v) is 6.95. The fourth-order valence-electron chi connectivity index (χ4n) is 2.57. The Hall–Kier alpha value is -1.43. The van der Waals surface area contributed by atoms with Crippen molar-refractivity contribution in [2.75, 3.05) is 13.1 Å². The largest absolute Gasteiger partial charge is 0.370 e. The van der Waals surface area contributed by atoms with Gasteiger partial charge in [0.2, 0.25) is 11.8 Å². The van der Waals surface area contributed by atoms with Gasteiger partial charge in [-0.3, -0.25) is 9.69 Å². The summed E-state index contributed by atoms with van der Waals surface area (Å²) >= 11 is 0. The van der Waals surface area contributed by atoms with Gasteiger partial charge in [-0.05, 0) is 38.8 Å². The molecule has 1 aliphatic rings. The molecule has 1 aromatic rings. The summed E-state index contributed by atoms with van der Waals surface area (Å²) in [5.74, 6) is 1.67. The van der Waals surface area contributed by atoms with Gasteiger partial charge >= 0.3 is 0 Å². The average Bonchev–Trinajstić information content (AvgIpc) is 2.87. The number of hydrogen-bond donors (Lipinski definition) is 1. The molecule has 0 unspecified atom stereocenters. The van der Waals surface area contributed by atoms with Gasteiger partial charge in [0.25, 0.3) is 0 Å². The normalized spacial score (nSPS) is 19.5. The summed E-state index contributed by atoms with van der Waals surface area (Å²) in [4.78, 5) is 17.6. The Labute approximate surface area is 113 Å². The average molecular weight is 266 g/mol. The van der Waals surface area contributed by atoms with Gasteiger partial charge in [0.15, 0.2) is 5.82 Å². The topological polar surface area (TPSA) is 85.3 Å². The number of aromatic nitrogens is 2. The Morgan fingerprint density at radius 3 is 2.74 bits per heavy atom. The van der Waals surface area contributed by atoms with E-state index >= 15 is 0 Å². The number of piperidine rings is 1. The highest BCUT2D eigenvalue weighted by molar-refractivity contribution is 5.73. The maximum Gasteiger partial charge on any atom is 0.243 e. The summed E-state index contributed by atoms with van der Waals surface area (Å²) in [7, 11) is 0. The smallest absolute Gasteiger partial charge is 0.243 e. The first kappa shape index (κ1) is 14.0. The van der Waals surface area contributed by atoms with Gasteiger partial charge in [-0.2, -0.15) is 4.98 Å². The van der Waals surface area contributed by atoms with Gasteiger partial charge in [-0.1, -0.05) is 12.1 Å². The molecule has 0 saturated carbocycles. The van der Waals surface area contributed by atoms with Crippen LogP contribution in [-0.2, 0) is 11.2 Å². The van der Waals surface area contributed by atoms with Crippen molar-refractivity contribution in [2.45, 2.75) is 45.6 Å². The summed E-state index contributed by atoms with van der Waals surface area (Å²) in [5, 5.41) is 3.93. The first-order chi connectivity index (χ1) is 9.10. The van der Waals surface area contributed by atoms with E-state index in [1.165, 1.54) is 0 Å². The maximum atomic E-state index is 10.9. The molecule has 0 aliphatic carbocycles. The molecule has 6 nitrogen and oxygen atoms in total. The van der Waals surface area contributed by atoms with Crippen LogP contribution in [-0.4, -0.2) is 34.0 Å². The minimum absolute atomic E-state index is 0.141. The van der Waals surface area contributed by atoms with E-state index in [4.69, 9.17) is 10.3 Å². The fraction of sp³-hybridized carbons (Fsp3) is 0.769. The van der Waals surface area contributed by atoms with Crippen LogP contribution in [0.5, 0.6) is 0 Å². The molecule has 1 saturated heterocycles. The van der Waals surface area contributed by atoms with E-state index in [9.17, 15) is 4.79 Å². The third-order valence-corrected chi connectivity index (χ3v) is 3.84. The number of amides is 1. The SMILES string of the molecule is CCc1noc([C@@H](C)N2CCC(CC(N)=O)CC2)n1. The van der Waals surface area contributed by atoms with Gasteiger partial charge in [0.05, 0.1) is 6.04 Å². The van der Waals surface area contributed by atoms with Crippen molar-refractivity contribution < 1.29 is 9.32 Å².